The van der Waals surface area contributed by atoms with E-state index in [4.69, 9.17) is 10.2 Å². The molecule has 0 radical (unpaired) electrons. The van der Waals surface area contributed by atoms with Crippen molar-refractivity contribution < 1.29 is 4.42 Å². The van der Waals surface area contributed by atoms with Crippen molar-refractivity contribution in [1.82, 2.24) is 4.90 Å². The lowest BCUT2D eigenvalue weighted by atomic mass is 9.94. The Kier molecular flexibility index (Phi) is 3.36. The first-order valence-electron chi connectivity index (χ1n) is 6.10. The van der Waals surface area contributed by atoms with Gasteiger partial charge >= 0.3 is 0 Å². The van der Waals surface area contributed by atoms with E-state index in [1.54, 1.807) is 6.26 Å². The Balaban J connectivity index is 2.04. The van der Waals surface area contributed by atoms with E-state index in [1.807, 2.05) is 12.1 Å². The van der Waals surface area contributed by atoms with Gasteiger partial charge in [-0.25, -0.2) is 0 Å². The summed E-state index contributed by atoms with van der Waals surface area (Å²) >= 11 is 0. The Bertz CT molecular complexity index is 323. The molecular weight excluding hydrogens is 200 g/mol. The van der Waals surface area contributed by atoms with Crippen LogP contribution in [0.25, 0.3) is 0 Å². The summed E-state index contributed by atoms with van der Waals surface area (Å²) in [7, 11) is 2.16. The Hall–Kier alpha value is -0.800. The number of hydrogen-bond donors (Lipinski definition) is 1. The maximum Gasteiger partial charge on any atom is 0.117 e. The second-order valence-corrected chi connectivity index (χ2v) is 5.21. The summed E-state index contributed by atoms with van der Waals surface area (Å²) in [4.78, 5) is 2.37. The topological polar surface area (TPSA) is 42.4 Å². The number of rotatable bonds is 4. The summed E-state index contributed by atoms with van der Waals surface area (Å²) < 4.78 is 5.40. The molecule has 3 heteroatoms. The monoisotopic (exact) mass is 222 g/mol. The molecule has 1 fully saturated rings. The van der Waals surface area contributed by atoms with Crippen LogP contribution in [0.1, 0.15) is 31.9 Å². The van der Waals surface area contributed by atoms with Crippen LogP contribution in [0.5, 0.6) is 0 Å². The second-order valence-electron chi connectivity index (χ2n) is 5.21. The predicted molar refractivity (Wildman–Crippen MR) is 65.0 cm³/mol. The highest BCUT2D eigenvalue weighted by molar-refractivity contribution is 5.02. The molecule has 1 aliphatic carbocycles. The van der Waals surface area contributed by atoms with E-state index in [2.05, 4.69) is 18.9 Å². The zero-order valence-corrected chi connectivity index (χ0v) is 10.3. The van der Waals surface area contributed by atoms with Crippen molar-refractivity contribution in [2.75, 3.05) is 13.6 Å². The van der Waals surface area contributed by atoms with Crippen LogP contribution in [-0.2, 0) is 6.54 Å². The van der Waals surface area contributed by atoms with Crippen molar-refractivity contribution in [3.05, 3.63) is 24.2 Å². The van der Waals surface area contributed by atoms with Crippen LogP contribution in [0, 0.1) is 5.92 Å². The first kappa shape index (κ1) is 11.7. The van der Waals surface area contributed by atoms with Gasteiger partial charge in [-0.1, -0.05) is 6.92 Å². The van der Waals surface area contributed by atoms with Gasteiger partial charge in [-0.15, -0.1) is 0 Å². The lowest BCUT2D eigenvalue weighted by Gasteiger charge is -2.37. The van der Waals surface area contributed by atoms with Crippen molar-refractivity contribution in [2.45, 2.75) is 38.3 Å². The fourth-order valence-electron chi connectivity index (χ4n) is 2.86. The molecule has 3 nitrogen and oxygen atoms in total. The quantitative estimate of drug-likeness (QED) is 0.849. The lowest BCUT2D eigenvalue weighted by molar-refractivity contribution is 0.111. The third kappa shape index (κ3) is 2.15. The molecule has 0 spiro atoms. The van der Waals surface area contributed by atoms with Gasteiger partial charge in [0.1, 0.15) is 5.76 Å². The molecule has 1 aromatic heterocycles. The molecule has 90 valence electrons. The molecule has 1 aliphatic rings. The fourth-order valence-corrected chi connectivity index (χ4v) is 2.86. The molecule has 0 aromatic carbocycles. The first-order chi connectivity index (χ1) is 7.66. The third-order valence-corrected chi connectivity index (χ3v) is 3.99. The fraction of sp³-hybridized carbons (Fsp3) is 0.692. The molecule has 0 bridgehead atoms. The molecular formula is C13H22N2O. The van der Waals surface area contributed by atoms with Crippen LogP contribution in [0.3, 0.4) is 0 Å². The van der Waals surface area contributed by atoms with Crippen LogP contribution < -0.4 is 5.73 Å². The van der Waals surface area contributed by atoms with Crippen molar-refractivity contribution in [2.24, 2.45) is 11.7 Å². The Morgan fingerprint density at radius 3 is 2.94 bits per heavy atom. The number of nitrogens with two attached hydrogens (primary N) is 1. The van der Waals surface area contributed by atoms with E-state index >= 15 is 0 Å². The molecule has 0 amide bonds. The van der Waals surface area contributed by atoms with Gasteiger partial charge < -0.3 is 10.2 Å². The summed E-state index contributed by atoms with van der Waals surface area (Å²) in [6.45, 7) is 3.92. The Labute approximate surface area is 97.6 Å². The molecule has 0 aliphatic heterocycles. The van der Waals surface area contributed by atoms with Gasteiger partial charge in [0, 0.05) is 12.1 Å². The molecule has 1 saturated carbocycles. The largest absolute Gasteiger partial charge is 0.468 e. The summed E-state index contributed by atoms with van der Waals surface area (Å²) in [6.07, 6.45) is 5.44. The van der Waals surface area contributed by atoms with Gasteiger partial charge in [0.2, 0.25) is 0 Å². The van der Waals surface area contributed by atoms with Crippen molar-refractivity contribution in [1.29, 1.82) is 0 Å². The highest BCUT2D eigenvalue weighted by Crippen LogP contribution is 2.38. The first-order valence-corrected chi connectivity index (χ1v) is 6.10. The smallest absolute Gasteiger partial charge is 0.117 e. The Morgan fingerprint density at radius 2 is 2.44 bits per heavy atom. The number of nitrogens with zero attached hydrogens (tertiary/aromatic N) is 1. The second kappa shape index (κ2) is 4.60. The van der Waals surface area contributed by atoms with E-state index in [0.29, 0.717) is 0 Å². The zero-order valence-electron chi connectivity index (χ0n) is 10.3. The SMILES string of the molecule is CC1CCC(CN)(N(C)Cc2ccco2)C1. The predicted octanol–water partition coefficient (Wildman–Crippen LogP) is 2.23. The number of furan rings is 1. The maximum atomic E-state index is 5.99. The van der Waals surface area contributed by atoms with E-state index in [0.717, 1.165) is 24.8 Å². The van der Waals surface area contributed by atoms with Crippen LogP contribution in [0.4, 0.5) is 0 Å². The van der Waals surface area contributed by atoms with Gasteiger partial charge in [0.25, 0.3) is 0 Å². The molecule has 0 saturated heterocycles. The highest BCUT2D eigenvalue weighted by Gasteiger charge is 2.39. The summed E-state index contributed by atoms with van der Waals surface area (Å²) in [6, 6.07) is 3.97. The van der Waals surface area contributed by atoms with Crippen LogP contribution >= 0.6 is 0 Å². The summed E-state index contributed by atoms with van der Waals surface area (Å²) in [5.74, 6) is 1.82. The molecule has 16 heavy (non-hydrogen) atoms. The van der Waals surface area contributed by atoms with Gasteiger partial charge in [-0.2, -0.15) is 0 Å². The summed E-state index contributed by atoms with van der Waals surface area (Å²) in [5, 5.41) is 0. The van der Waals surface area contributed by atoms with Gasteiger partial charge in [0.15, 0.2) is 0 Å². The minimum atomic E-state index is 0.187. The van der Waals surface area contributed by atoms with Crippen LogP contribution in [-0.4, -0.2) is 24.0 Å². The molecule has 1 heterocycles. The summed E-state index contributed by atoms with van der Waals surface area (Å²) in [5.41, 5.74) is 6.18. The van der Waals surface area contributed by atoms with E-state index in [1.165, 1.54) is 19.3 Å². The minimum absolute atomic E-state index is 0.187. The van der Waals surface area contributed by atoms with Gasteiger partial charge in [-0.3, -0.25) is 4.90 Å². The average Bonchev–Trinajstić information content (AvgIpc) is 2.88. The standard InChI is InChI=1S/C13H22N2O/c1-11-5-6-13(8-11,10-14)15(2)9-12-4-3-7-16-12/h3-4,7,11H,5-6,8-10,14H2,1-2H3. The lowest BCUT2D eigenvalue weighted by Crippen LogP contribution is -2.49. The number of likely N-dealkylation sites (N-methyl/N-ethyl adjacent to an activating group) is 1. The van der Waals surface area contributed by atoms with E-state index in [-0.39, 0.29) is 5.54 Å². The van der Waals surface area contributed by atoms with Crippen LogP contribution in [0.15, 0.2) is 22.8 Å². The highest BCUT2D eigenvalue weighted by atomic mass is 16.3. The number of hydrogen-bond acceptors (Lipinski definition) is 3. The molecule has 2 N–H and O–H groups in total. The van der Waals surface area contributed by atoms with Crippen molar-refractivity contribution in [3.63, 3.8) is 0 Å². The normalized spacial score (nSPS) is 30.1. The maximum absolute atomic E-state index is 5.99. The van der Waals surface area contributed by atoms with Gasteiger partial charge in [-0.05, 0) is 44.4 Å². The van der Waals surface area contributed by atoms with Crippen molar-refractivity contribution >= 4 is 0 Å². The minimum Gasteiger partial charge on any atom is -0.468 e. The van der Waals surface area contributed by atoms with Crippen LogP contribution in [0.2, 0.25) is 0 Å². The van der Waals surface area contributed by atoms with E-state index in [9.17, 15) is 0 Å². The zero-order chi connectivity index (χ0) is 11.6. The third-order valence-electron chi connectivity index (χ3n) is 3.99. The average molecular weight is 222 g/mol. The van der Waals surface area contributed by atoms with Gasteiger partial charge in [0.05, 0.1) is 12.8 Å². The molecule has 2 atom stereocenters. The van der Waals surface area contributed by atoms with Crippen molar-refractivity contribution in [3.8, 4) is 0 Å². The Morgan fingerprint density at radius 1 is 1.62 bits per heavy atom. The molecule has 2 rings (SSSR count). The molecule has 1 aromatic rings. The molecule has 2 unspecified atom stereocenters. The van der Waals surface area contributed by atoms with E-state index < -0.39 is 0 Å².